The quantitative estimate of drug-likeness (QED) is 0.175. The van der Waals surface area contributed by atoms with Crippen LogP contribution in [-0.2, 0) is 14.4 Å². The van der Waals surface area contributed by atoms with Crippen LogP contribution >= 0.6 is 0 Å². The van der Waals surface area contributed by atoms with Gasteiger partial charge in [-0.05, 0) is 33.6 Å². The van der Waals surface area contributed by atoms with Gasteiger partial charge in [0.2, 0.25) is 0 Å². The molecule has 0 bridgehead atoms. The second kappa shape index (κ2) is 10.3. The summed E-state index contributed by atoms with van der Waals surface area (Å²) in [6.07, 6.45) is -0.196. The Kier molecular flexibility index (Phi) is 9.20. The summed E-state index contributed by atoms with van der Waals surface area (Å²) in [7, 11) is 2.72. The molecule has 2 amide bonds. The van der Waals surface area contributed by atoms with Gasteiger partial charge in [0, 0.05) is 13.6 Å². The average molecular weight is 362 g/mol. The molecule has 0 aliphatic rings. The first-order valence-electron chi connectivity index (χ1n) is 7.48. The second-order valence-electron chi connectivity index (χ2n) is 6.00. The number of hydrogen-bond donors (Lipinski definition) is 3. The van der Waals surface area contributed by atoms with E-state index < -0.39 is 28.7 Å². The Labute approximate surface area is 145 Å². The van der Waals surface area contributed by atoms with Crippen molar-refractivity contribution in [1.29, 1.82) is 0 Å². The van der Waals surface area contributed by atoms with Crippen molar-refractivity contribution in [1.82, 2.24) is 15.8 Å². The standard InChI is InChI=1S/C13H26N6O6/c1-13(2,3)25-12(21)16-9(10(20)18(4)24-5)7-6-8-15-11(14)17-19(22)23/h9H,6-8H2,1-5H3,(H,16,21)(H3,14,15,17)/t9-/m0/s1. The summed E-state index contributed by atoms with van der Waals surface area (Å²) in [5, 5.41) is 12.8. The molecular weight excluding hydrogens is 336 g/mol. The summed E-state index contributed by atoms with van der Waals surface area (Å²) >= 11 is 0. The van der Waals surface area contributed by atoms with Gasteiger partial charge in [-0.1, -0.05) is 5.43 Å². The number of nitrogens with one attached hydrogen (secondary N) is 2. The smallest absolute Gasteiger partial charge is 0.408 e. The third-order valence-corrected chi connectivity index (χ3v) is 2.71. The molecule has 0 aliphatic heterocycles. The highest BCUT2D eigenvalue weighted by atomic mass is 16.7. The SMILES string of the molecule is CON(C)C(=O)[C@H](CCCN=C(N)N[N+](=O)[O-])NC(=O)OC(C)(C)C. The van der Waals surface area contributed by atoms with Gasteiger partial charge in [0.15, 0.2) is 5.03 Å². The molecule has 0 saturated carbocycles. The molecule has 0 spiro atoms. The van der Waals surface area contributed by atoms with E-state index in [1.54, 1.807) is 26.2 Å². The summed E-state index contributed by atoms with van der Waals surface area (Å²) in [5.41, 5.74) is 6.28. The van der Waals surface area contributed by atoms with Crippen molar-refractivity contribution >= 4 is 18.0 Å². The Balaban J connectivity index is 4.73. The monoisotopic (exact) mass is 362 g/mol. The highest BCUT2D eigenvalue weighted by Gasteiger charge is 2.26. The summed E-state index contributed by atoms with van der Waals surface area (Å²) in [6.45, 7) is 5.22. The third-order valence-electron chi connectivity index (χ3n) is 2.71. The number of hydrogen-bond acceptors (Lipinski definition) is 7. The predicted molar refractivity (Wildman–Crippen MR) is 88.8 cm³/mol. The van der Waals surface area contributed by atoms with Gasteiger partial charge in [-0.25, -0.2) is 25.0 Å². The molecule has 12 nitrogen and oxygen atoms in total. The maximum absolute atomic E-state index is 12.2. The number of rotatable bonds is 8. The van der Waals surface area contributed by atoms with E-state index in [0.717, 1.165) is 5.06 Å². The van der Waals surface area contributed by atoms with Crippen LogP contribution in [0.25, 0.3) is 0 Å². The minimum Gasteiger partial charge on any atom is -0.444 e. The van der Waals surface area contributed by atoms with Crippen LogP contribution in [0.15, 0.2) is 4.99 Å². The van der Waals surface area contributed by atoms with E-state index in [-0.39, 0.29) is 18.9 Å². The highest BCUT2D eigenvalue weighted by molar-refractivity contribution is 5.84. The molecule has 0 unspecified atom stereocenters. The van der Waals surface area contributed by atoms with Crippen LogP contribution in [0.5, 0.6) is 0 Å². The van der Waals surface area contributed by atoms with Gasteiger partial charge in [-0.15, -0.1) is 0 Å². The number of carbonyl (C=O) groups is 2. The highest BCUT2D eigenvalue weighted by Crippen LogP contribution is 2.09. The molecule has 0 heterocycles. The van der Waals surface area contributed by atoms with Crippen molar-refractivity contribution in [3.05, 3.63) is 10.1 Å². The molecule has 0 radical (unpaired) electrons. The fourth-order valence-corrected chi connectivity index (χ4v) is 1.64. The van der Waals surface area contributed by atoms with Gasteiger partial charge in [0.1, 0.15) is 11.6 Å². The van der Waals surface area contributed by atoms with Crippen molar-refractivity contribution in [3.63, 3.8) is 0 Å². The number of carbonyl (C=O) groups excluding carboxylic acids is 2. The molecule has 0 aliphatic carbocycles. The van der Waals surface area contributed by atoms with Crippen molar-refractivity contribution < 1.29 is 24.2 Å². The molecule has 0 rings (SSSR count). The van der Waals surface area contributed by atoms with Crippen LogP contribution in [0.4, 0.5) is 4.79 Å². The number of aliphatic imine (C=N–C) groups is 1. The first-order valence-corrected chi connectivity index (χ1v) is 7.48. The number of amides is 2. The summed E-state index contributed by atoms with van der Waals surface area (Å²) in [6, 6.07) is -0.903. The molecule has 1 atom stereocenters. The molecule has 4 N–H and O–H groups in total. The van der Waals surface area contributed by atoms with Crippen LogP contribution in [0.2, 0.25) is 0 Å². The number of guanidine groups is 1. The normalized spacial score (nSPS) is 12.9. The van der Waals surface area contributed by atoms with E-state index in [4.69, 9.17) is 15.3 Å². The first kappa shape index (κ1) is 22.4. The van der Waals surface area contributed by atoms with Gasteiger partial charge in [-0.3, -0.25) is 9.63 Å². The minimum atomic E-state index is -0.903. The van der Waals surface area contributed by atoms with Crippen LogP contribution in [0.1, 0.15) is 33.6 Å². The van der Waals surface area contributed by atoms with Gasteiger partial charge in [0.05, 0.1) is 7.11 Å². The number of hydrazine groups is 1. The van der Waals surface area contributed by atoms with Crippen LogP contribution in [-0.4, -0.2) is 60.4 Å². The second-order valence-corrected chi connectivity index (χ2v) is 6.00. The van der Waals surface area contributed by atoms with Gasteiger partial charge < -0.3 is 15.8 Å². The summed E-state index contributed by atoms with van der Waals surface area (Å²) in [5.74, 6) is -0.823. The van der Waals surface area contributed by atoms with Gasteiger partial charge in [-0.2, -0.15) is 0 Å². The van der Waals surface area contributed by atoms with Gasteiger partial charge >= 0.3 is 6.09 Å². The zero-order valence-corrected chi connectivity index (χ0v) is 15.1. The summed E-state index contributed by atoms with van der Waals surface area (Å²) in [4.78, 5) is 42.8. The molecule has 25 heavy (non-hydrogen) atoms. The third kappa shape index (κ3) is 10.7. The lowest BCUT2D eigenvalue weighted by molar-refractivity contribution is -0.525. The van der Waals surface area contributed by atoms with Crippen LogP contribution in [0, 0.1) is 10.1 Å². The fourth-order valence-electron chi connectivity index (χ4n) is 1.64. The topological polar surface area (TPSA) is 161 Å². The number of nitrogens with zero attached hydrogens (tertiary/aromatic N) is 3. The zero-order valence-electron chi connectivity index (χ0n) is 15.1. The molecule has 0 aromatic heterocycles. The Morgan fingerprint density at radius 3 is 2.48 bits per heavy atom. The summed E-state index contributed by atoms with van der Waals surface area (Å²) < 4.78 is 5.13. The Morgan fingerprint density at radius 1 is 1.40 bits per heavy atom. The van der Waals surface area contributed by atoms with E-state index in [1.807, 2.05) is 0 Å². The van der Waals surface area contributed by atoms with E-state index in [0.29, 0.717) is 6.42 Å². The molecular formula is C13H26N6O6. The van der Waals surface area contributed by atoms with E-state index in [1.165, 1.54) is 14.2 Å². The maximum Gasteiger partial charge on any atom is 0.408 e. The average Bonchev–Trinajstić information content (AvgIpc) is 2.46. The Bertz CT molecular complexity index is 504. The number of ether oxygens (including phenoxy) is 1. The lowest BCUT2D eigenvalue weighted by Gasteiger charge is -2.25. The molecule has 0 fully saturated rings. The van der Waals surface area contributed by atoms with Crippen LogP contribution < -0.4 is 16.5 Å². The van der Waals surface area contributed by atoms with E-state index in [2.05, 4.69) is 10.3 Å². The Morgan fingerprint density at radius 2 is 2.00 bits per heavy atom. The predicted octanol–water partition coefficient (Wildman–Crippen LogP) is -0.224. The van der Waals surface area contributed by atoms with E-state index >= 15 is 0 Å². The van der Waals surface area contributed by atoms with Crippen LogP contribution in [0.3, 0.4) is 0 Å². The number of hydroxylamine groups is 2. The number of nitrogens with two attached hydrogens (primary N) is 1. The lowest BCUT2D eigenvalue weighted by atomic mass is 10.1. The maximum atomic E-state index is 12.2. The van der Waals surface area contributed by atoms with Gasteiger partial charge in [0.25, 0.3) is 11.9 Å². The lowest BCUT2D eigenvalue weighted by Crippen LogP contribution is -2.48. The molecule has 0 saturated heterocycles. The molecule has 12 heteroatoms. The van der Waals surface area contributed by atoms with Crippen molar-refractivity contribution in [2.45, 2.75) is 45.3 Å². The largest absolute Gasteiger partial charge is 0.444 e. The number of nitro groups is 1. The number of likely N-dealkylation sites (N-methyl/N-ethyl adjacent to an activating group) is 1. The fraction of sp³-hybridized carbons (Fsp3) is 0.769. The molecule has 0 aromatic rings. The molecule has 144 valence electrons. The Hall–Kier alpha value is -2.63. The minimum absolute atomic E-state index is 0.128. The van der Waals surface area contributed by atoms with E-state index in [9.17, 15) is 19.7 Å². The van der Waals surface area contributed by atoms with Crippen molar-refractivity contribution in [3.8, 4) is 0 Å². The number of alkyl carbamates (subject to hydrolysis) is 1. The zero-order chi connectivity index (χ0) is 19.6. The molecule has 0 aromatic carbocycles. The van der Waals surface area contributed by atoms with Crippen molar-refractivity contribution in [2.75, 3.05) is 20.7 Å². The first-order chi connectivity index (χ1) is 11.5. The van der Waals surface area contributed by atoms with Crippen molar-refractivity contribution in [2.24, 2.45) is 10.7 Å².